The number of benzene rings is 2. The molecule has 2 fully saturated rings. The van der Waals surface area contributed by atoms with Crippen molar-refractivity contribution in [2.75, 3.05) is 20.1 Å². The molecule has 5 nitrogen and oxygen atoms in total. The second kappa shape index (κ2) is 7.20. The summed E-state index contributed by atoms with van der Waals surface area (Å²) in [6, 6.07) is 16.8. The first-order valence-corrected chi connectivity index (χ1v) is 9.24. The average Bonchev–Trinajstić information content (AvgIpc) is 3.41. The Morgan fingerprint density at radius 3 is 2.30 bits per heavy atom. The van der Waals surface area contributed by atoms with Crippen LogP contribution in [0.2, 0.25) is 5.82 Å². The van der Waals surface area contributed by atoms with Gasteiger partial charge >= 0.3 is 19.1 Å². The molecular formula is C21H22BNO4. The first kappa shape index (κ1) is 17.8. The molecule has 2 aromatic carbocycles. The number of hydrogen-bond donors (Lipinski definition) is 0. The van der Waals surface area contributed by atoms with Gasteiger partial charge in [0.15, 0.2) is 0 Å². The Kier molecular flexibility index (Phi) is 4.74. The zero-order chi connectivity index (χ0) is 19.0. The summed E-state index contributed by atoms with van der Waals surface area (Å²) in [5.41, 5.74) is 4.75. The molecule has 1 aliphatic carbocycles. The number of hydrogen-bond acceptors (Lipinski definition) is 5. The van der Waals surface area contributed by atoms with Crippen LogP contribution in [-0.4, -0.2) is 44.1 Å². The van der Waals surface area contributed by atoms with Crippen LogP contribution >= 0.6 is 0 Å². The predicted octanol–water partition coefficient (Wildman–Crippen LogP) is 3.04. The molecule has 2 aliphatic rings. The molecule has 2 aromatic rings. The highest BCUT2D eigenvalue weighted by molar-refractivity contribution is 6.52. The van der Waals surface area contributed by atoms with E-state index in [1.54, 1.807) is 11.9 Å². The van der Waals surface area contributed by atoms with Crippen LogP contribution in [-0.2, 0) is 18.9 Å². The topological polar surface area (TPSA) is 55.8 Å². The highest BCUT2D eigenvalue weighted by Crippen LogP contribution is 2.55. The number of aryl methyl sites for hydroxylation is 1. The maximum absolute atomic E-state index is 12.0. The molecule has 0 spiro atoms. The Labute approximate surface area is 159 Å². The summed E-state index contributed by atoms with van der Waals surface area (Å²) in [6.07, 6.45) is 0.846. The fraction of sp³-hybridized carbons (Fsp3) is 0.333. The van der Waals surface area contributed by atoms with Gasteiger partial charge in [-0.05, 0) is 43.0 Å². The molecule has 1 saturated heterocycles. The third-order valence-corrected chi connectivity index (χ3v) is 5.18. The van der Waals surface area contributed by atoms with Crippen molar-refractivity contribution < 1.29 is 18.9 Å². The maximum Gasteiger partial charge on any atom is 0.602 e. The minimum atomic E-state index is -0.785. The third kappa shape index (κ3) is 4.06. The van der Waals surface area contributed by atoms with Gasteiger partial charge in [0.05, 0.1) is 13.1 Å². The van der Waals surface area contributed by atoms with Gasteiger partial charge in [-0.2, -0.15) is 0 Å². The molecule has 0 amide bonds. The lowest BCUT2D eigenvalue weighted by molar-refractivity contribution is -0.145. The summed E-state index contributed by atoms with van der Waals surface area (Å²) >= 11 is 0. The Morgan fingerprint density at radius 1 is 0.963 bits per heavy atom. The summed E-state index contributed by atoms with van der Waals surface area (Å²) in [7, 11) is 0.908. The average molecular weight is 363 g/mol. The molecule has 0 radical (unpaired) electrons. The standard InChI is InChI=1S/C21H22BNO4/c1-14-6-8-15(9-7-14)16-4-3-5-17(10-16)18-11-19(18)22-26-20(24)12-23(2)13-21(25)27-22/h3-10,18-19H,11-13H2,1-2H3/t18-,19+/m1/s1. The summed E-state index contributed by atoms with van der Waals surface area (Å²) in [5, 5.41) is 0. The van der Waals surface area contributed by atoms with Crippen LogP contribution in [0, 0.1) is 6.92 Å². The third-order valence-electron chi connectivity index (χ3n) is 5.18. The van der Waals surface area contributed by atoms with Crippen molar-refractivity contribution in [1.82, 2.24) is 4.90 Å². The van der Waals surface area contributed by atoms with Crippen LogP contribution in [0.3, 0.4) is 0 Å². The van der Waals surface area contributed by atoms with Crippen molar-refractivity contribution in [1.29, 1.82) is 0 Å². The van der Waals surface area contributed by atoms with Crippen LogP contribution in [0.15, 0.2) is 48.5 Å². The van der Waals surface area contributed by atoms with E-state index in [-0.39, 0.29) is 36.8 Å². The van der Waals surface area contributed by atoms with Crippen molar-refractivity contribution in [2.45, 2.75) is 25.1 Å². The van der Waals surface area contributed by atoms with E-state index in [1.807, 2.05) is 6.07 Å². The minimum absolute atomic E-state index is 0.0228. The molecule has 1 saturated carbocycles. The zero-order valence-electron chi connectivity index (χ0n) is 15.6. The van der Waals surface area contributed by atoms with Gasteiger partial charge in [0.25, 0.3) is 0 Å². The fourth-order valence-corrected chi connectivity index (χ4v) is 3.62. The van der Waals surface area contributed by atoms with Crippen molar-refractivity contribution in [2.24, 2.45) is 0 Å². The molecule has 138 valence electrons. The van der Waals surface area contributed by atoms with E-state index in [0.29, 0.717) is 0 Å². The number of rotatable bonds is 3. The van der Waals surface area contributed by atoms with Crippen molar-refractivity contribution in [3.05, 3.63) is 59.7 Å². The van der Waals surface area contributed by atoms with Crippen LogP contribution in [0.1, 0.15) is 23.5 Å². The van der Waals surface area contributed by atoms with Gasteiger partial charge in [-0.15, -0.1) is 0 Å². The van der Waals surface area contributed by atoms with Crippen LogP contribution in [0.5, 0.6) is 0 Å². The van der Waals surface area contributed by atoms with Crippen LogP contribution in [0.25, 0.3) is 11.1 Å². The number of carbonyl (C=O) groups is 2. The Balaban J connectivity index is 1.49. The van der Waals surface area contributed by atoms with E-state index in [9.17, 15) is 9.59 Å². The van der Waals surface area contributed by atoms with Gasteiger partial charge in [-0.1, -0.05) is 54.1 Å². The van der Waals surface area contributed by atoms with Gasteiger partial charge in [0.1, 0.15) is 0 Å². The Hall–Kier alpha value is -2.60. The molecule has 0 aromatic heterocycles. The molecule has 1 heterocycles. The first-order chi connectivity index (χ1) is 13.0. The van der Waals surface area contributed by atoms with Crippen molar-refractivity contribution in [3.8, 4) is 11.1 Å². The van der Waals surface area contributed by atoms with Gasteiger partial charge in [-0.25, -0.2) is 0 Å². The lowest BCUT2D eigenvalue weighted by Gasteiger charge is -2.22. The molecule has 6 heteroatoms. The fourth-order valence-electron chi connectivity index (χ4n) is 3.62. The predicted molar refractivity (Wildman–Crippen MR) is 103 cm³/mol. The van der Waals surface area contributed by atoms with Crippen molar-refractivity contribution >= 4 is 19.1 Å². The molecule has 1 aliphatic heterocycles. The molecule has 4 rings (SSSR count). The van der Waals surface area contributed by atoms with E-state index >= 15 is 0 Å². The highest BCUT2D eigenvalue weighted by Gasteiger charge is 2.54. The van der Waals surface area contributed by atoms with Gasteiger partial charge in [0.2, 0.25) is 0 Å². The maximum atomic E-state index is 12.0. The number of nitrogens with zero attached hydrogens (tertiary/aromatic N) is 1. The minimum Gasteiger partial charge on any atom is -0.498 e. The monoisotopic (exact) mass is 363 g/mol. The number of likely N-dealkylation sites (N-methyl/N-ethyl adjacent to an activating group) is 1. The van der Waals surface area contributed by atoms with Gasteiger partial charge in [0, 0.05) is 5.82 Å². The van der Waals surface area contributed by atoms with Crippen LogP contribution in [0.4, 0.5) is 0 Å². The normalized spacial score (nSPS) is 23.3. The number of carbonyl (C=O) groups excluding carboxylic acids is 2. The second-order valence-electron chi connectivity index (χ2n) is 7.52. The van der Waals surface area contributed by atoms with E-state index in [1.165, 1.54) is 16.7 Å². The van der Waals surface area contributed by atoms with E-state index < -0.39 is 7.12 Å². The van der Waals surface area contributed by atoms with Gasteiger partial charge < -0.3 is 9.31 Å². The van der Waals surface area contributed by atoms with E-state index in [2.05, 4.69) is 49.4 Å². The lowest BCUT2D eigenvalue weighted by Crippen LogP contribution is -2.42. The largest absolute Gasteiger partial charge is 0.602 e. The zero-order valence-corrected chi connectivity index (χ0v) is 15.6. The van der Waals surface area contributed by atoms with E-state index in [0.717, 1.165) is 12.0 Å². The Morgan fingerprint density at radius 2 is 1.63 bits per heavy atom. The van der Waals surface area contributed by atoms with Crippen molar-refractivity contribution in [3.63, 3.8) is 0 Å². The molecular weight excluding hydrogens is 341 g/mol. The lowest BCUT2D eigenvalue weighted by atomic mass is 9.79. The molecule has 0 unspecified atom stereocenters. The summed E-state index contributed by atoms with van der Waals surface area (Å²) < 4.78 is 10.8. The molecule has 2 atom stereocenters. The molecule has 0 bridgehead atoms. The summed E-state index contributed by atoms with van der Waals surface area (Å²) in [5.74, 6) is -0.448. The van der Waals surface area contributed by atoms with Gasteiger partial charge in [-0.3, -0.25) is 14.5 Å². The second-order valence-corrected chi connectivity index (χ2v) is 7.52. The molecule has 0 N–H and O–H groups in total. The van der Waals surface area contributed by atoms with E-state index in [4.69, 9.17) is 9.31 Å². The highest BCUT2D eigenvalue weighted by atomic mass is 16.6. The Bertz CT molecular complexity index is 847. The SMILES string of the molecule is Cc1ccc(-c2cccc([C@H]3C[C@@H]3B3OC(=O)CN(C)CC(=O)O3)c2)cc1. The first-order valence-electron chi connectivity index (χ1n) is 9.24. The summed E-state index contributed by atoms with van der Waals surface area (Å²) in [4.78, 5) is 25.5. The summed E-state index contributed by atoms with van der Waals surface area (Å²) in [6.45, 7) is 2.28. The molecule has 27 heavy (non-hydrogen) atoms. The van der Waals surface area contributed by atoms with Crippen LogP contribution < -0.4 is 0 Å². The smallest absolute Gasteiger partial charge is 0.498 e. The quantitative estimate of drug-likeness (QED) is 0.785.